The maximum Gasteiger partial charge on any atom is 0.142 e. The van der Waals surface area contributed by atoms with Gasteiger partial charge in [0.15, 0.2) is 0 Å². The molecule has 0 heterocycles. The van der Waals surface area contributed by atoms with E-state index in [9.17, 15) is 4.79 Å². The summed E-state index contributed by atoms with van der Waals surface area (Å²) >= 11 is 0. The van der Waals surface area contributed by atoms with Crippen LogP contribution in [0.5, 0.6) is 0 Å². The first-order valence-electron chi connectivity index (χ1n) is 4.73. The largest absolute Gasteiger partial charge is 0.299 e. The predicted octanol–water partition coefficient (Wildman–Crippen LogP) is 2.40. The number of carbonyl (C=O) groups is 1. The molecule has 1 nitrogen and oxygen atoms in total. The van der Waals surface area contributed by atoms with Gasteiger partial charge in [-0.25, -0.2) is 0 Å². The molecule has 0 radical (unpaired) electrons. The monoisotopic (exact) mass is 152 g/mol. The van der Waals surface area contributed by atoms with E-state index in [0.717, 1.165) is 12.3 Å². The van der Waals surface area contributed by atoms with E-state index >= 15 is 0 Å². The minimum absolute atomic E-state index is 0.0723. The number of hydrogen-bond acceptors (Lipinski definition) is 1. The molecule has 0 amide bonds. The highest BCUT2D eigenvalue weighted by atomic mass is 16.1. The third-order valence-electron chi connectivity index (χ3n) is 4.00. The second-order valence-corrected chi connectivity index (χ2v) is 4.34. The van der Waals surface area contributed by atoms with Gasteiger partial charge >= 0.3 is 0 Å². The van der Waals surface area contributed by atoms with Crippen LogP contribution >= 0.6 is 0 Å². The molecule has 2 aliphatic rings. The molecule has 0 N–H and O–H groups in total. The molecule has 0 saturated heterocycles. The second kappa shape index (κ2) is 2.09. The van der Waals surface area contributed by atoms with Crippen LogP contribution in [0.1, 0.15) is 39.5 Å². The van der Waals surface area contributed by atoms with E-state index < -0.39 is 0 Å². The lowest BCUT2D eigenvalue weighted by molar-refractivity contribution is -0.131. The first kappa shape index (κ1) is 7.33. The Labute approximate surface area is 68.2 Å². The van der Waals surface area contributed by atoms with Crippen molar-refractivity contribution in [2.75, 3.05) is 0 Å². The van der Waals surface area contributed by atoms with E-state index in [1.54, 1.807) is 0 Å². The zero-order valence-corrected chi connectivity index (χ0v) is 7.39. The maximum absolute atomic E-state index is 11.7. The summed E-state index contributed by atoms with van der Waals surface area (Å²) < 4.78 is 0. The van der Waals surface area contributed by atoms with Crippen LogP contribution < -0.4 is 0 Å². The lowest BCUT2D eigenvalue weighted by Crippen LogP contribution is -2.32. The first-order chi connectivity index (χ1) is 5.18. The molecule has 0 spiro atoms. The lowest BCUT2D eigenvalue weighted by atomic mass is 9.72. The van der Waals surface area contributed by atoms with Gasteiger partial charge in [0.2, 0.25) is 0 Å². The molecule has 0 aromatic heterocycles. The summed E-state index contributed by atoms with van der Waals surface area (Å²) in [6.45, 7) is 4.32. The molecule has 0 aromatic rings. The fourth-order valence-corrected chi connectivity index (χ4v) is 2.93. The molecule has 2 saturated carbocycles. The normalized spacial score (nSPS) is 48.7. The molecule has 0 aromatic carbocycles. The molecule has 3 atom stereocenters. The Kier molecular flexibility index (Phi) is 1.39. The Morgan fingerprint density at radius 3 is 2.64 bits per heavy atom. The Hall–Kier alpha value is -0.330. The minimum Gasteiger partial charge on any atom is -0.299 e. The van der Waals surface area contributed by atoms with E-state index in [-0.39, 0.29) is 5.41 Å². The molecule has 2 bridgehead atoms. The van der Waals surface area contributed by atoms with Gasteiger partial charge < -0.3 is 0 Å². The highest BCUT2D eigenvalue weighted by Crippen LogP contribution is 2.54. The molecular weight excluding hydrogens is 136 g/mol. The fraction of sp³-hybridized carbons (Fsp3) is 0.900. The van der Waals surface area contributed by atoms with Crippen LogP contribution in [0.4, 0.5) is 0 Å². The molecule has 0 unspecified atom stereocenters. The van der Waals surface area contributed by atoms with Gasteiger partial charge in [0.25, 0.3) is 0 Å². The summed E-state index contributed by atoms with van der Waals surface area (Å²) in [5.74, 6) is 1.74. The zero-order chi connectivity index (χ0) is 8.06. The number of hydrogen-bond donors (Lipinski definition) is 0. The third-order valence-corrected chi connectivity index (χ3v) is 4.00. The van der Waals surface area contributed by atoms with Gasteiger partial charge in [0, 0.05) is 11.3 Å². The van der Waals surface area contributed by atoms with Crippen LogP contribution in [0.25, 0.3) is 0 Å². The first-order valence-corrected chi connectivity index (χ1v) is 4.73. The van der Waals surface area contributed by atoms with Gasteiger partial charge in [0.1, 0.15) is 5.78 Å². The topological polar surface area (TPSA) is 17.1 Å². The third kappa shape index (κ3) is 0.743. The van der Waals surface area contributed by atoms with Crippen molar-refractivity contribution in [3.63, 3.8) is 0 Å². The number of carbonyl (C=O) groups excluding carboxylic acids is 1. The zero-order valence-electron chi connectivity index (χ0n) is 7.39. The predicted molar refractivity (Wildman–Crippen MR) is 44.2 cm³/mol. The quantitative estimate of drug-likeness (QED) is 0.564. The van der Waals surface area contributed by atoms with E-state index in [1.807, 2.05) is 0 Å². The summed E-state index contributed by atoms with van der Waals surface area (Å²) in [7, 11) is 0. The standard InChI is InChI=1S/C10H16O/c1-3-10(2)8-5-4-7(6-8)9(10)11/h7-8H,3-6H2,1-2H3/t7-,8+,10-/m0/s1. The van der Waals surface area contributed by atoms with Gasteiger partial charge in [-0.1, -0.05) is 13.8 Å². The van der Waals surface area contributed by atoms with Crippen LogP contribution in [0, 0.1) is 17.3 Å². The molecule has 0 aliphatic heterocycles. The van der Waals surface area contributed by atoms with Crippen molar-refractivity contribution in [1.82, 2.24) is 0 Å². The van der Waals surface area contributed by atoms with Crippen LogP contribution in [-0.4, -0.2) is 5.78 Å². The molecule has 1 heteroatoms. The summed E-state index contributed by atoms with van der Waals surface area (Å²) in [6, 6.07) is 0. The number of ketones is 1. The van der Waals surface area contributed by atoms with Crippen LogP contribution in [0.3, 0.4) is 0 Å². The molecule has 11 heavy (non-hydrogen) atoms. The van der Waals surface area contributed by atoms with Gasteiger partial charge in [-0.15, -0.1) is 0 Å². The maximum atomic E-state index is 11.7. The Bertz CT molecular complexity index is 197. The van der Waals surface area contributed by atoms with Crippen molar-refractivity contribution in [2.45, 2.75) is 39.5 Å². The van der Waals surface area contributed by atoms with Crippen LogP contribution in [0.2, 0.25) is 0 Å². The summed E-state index contributed by atoms with van der Waals surface area (Å²) in [6.07, 6.45) is 4.73. The highest BCUT2D eigenvalue weighted by molar-refractivity contribution is 5.90. The minimum atomic E-state index is 0.0723. The second-order valence-electron chi connectivity index (χ2n) is 4.34. The number of Topliss-reactive ketones (excluding diaryl/α,β-unsaturated/α-hetero) is 1. The van der Waals surface area contributed by atoms with Crippen molar-refractivity contribution in [3.05, 3.63) is 0 Å². The SMILES string of the molecule is CC[C@]1(C)C(=O)[C@H]2CC[C@@H]1C2. The van der Waals surface area contributed by atoms with Crippen LogP contribution in [0.15, 0.2) is 0 Å². The summed E-state index contributed by atoms with van der Waals surface area (Å²) in [5, 5.41) is 0. The van der Waals surface area contributed by atoms with Crippen molar-refractivity contribution in [2.24, 2.45) is 17.3 Å². The lowest BCUT2D eigenvalue weighted by Gasteiger charge is -2.30. The molecule has 2 fully saturated rings. The fourth-order valence-electron chi connectivity index (χ4n) is 2.93. The van der Waals surface area contributed by atoms with E-state index in [1.165, 1.54) is 19.3 Å². The highest BCUT2D eigenvalue weighted by Gasteiger charge is 2.53. The molecular formula is C10H16O. The van der Waals surface area contributed by atoms with Gasteiger partial charge in [-0.2, -0.15) is 0 Å². The van der Waals surface area contributed by atoms with Gasteiger partial charge in [-0.3, -0.25) is 4.79 Å². The van der Waals surface area contributed by atoms with Crippen LogP contribution in [-0.2, 0) is 4.79 Å². The summed E-state index contributed by atoms with van der Waals surface area (Å²) in [5.41, 5.74) is 0.0723. The summed E-state index contributed by atoms with van der Waals surface area (Å²) in [4.78, 5) is 11.7. The molecule has 62 valence electrons. The Balaban J connectivity index is 2.30. The average molecular weight is 152 g/mol. The smallest absolute Gasteiger partial charge is 0.142 e. The van der Waals surface area contributed by atoms with Crippen molar-refractivity contribution < 1.29 is 4.79 Å². The van der Waals surface area contributed by atoms with E-state index in [4.69, 9.17) is 0 Å². The number of rotatable bonds is 1. The van der Waals surface area contributed by atoms with E-state index in [2.05, 4.69) is 13.8 Å². The average Bonchev–Trinajstić information content (AvgIpc) is 2.56. The van der Waals surface area contributed by atoms with Gasteiger partial charge in [0.05, 0.1) is 0 Å². The van der Waals surface area contributed by atoms with E-state index in [0.29, 0.717) is 11.7 Å². The van der Waals surface area contributed by atoms with Crippen molar-refractivity contribution >= 4 is 5.78 Å². The Morgan fingerprint density at radius 2 is 2.27 bits per heavy atom. The Morgan fingerprint density at radius 1 is 1.55 bits per heavy atom. The van der Waals surface area contributed by atoms with Crippen molar-refractivity contribution in [3.8, 4) is 0 Å². The van der Waals surface area contributed by atoms with Gasteiger partial charge in [-0.05, 0) is 31.6 Å². The number of fused-ring (bicyclic) bond motifs is 2. The molecule has 2 aliphatic carbocycles. The van der Waals surface area contributed by atoms with Crippen molar-refractivity contribution in [1.29, 1.82) is 0 Å². The molecule has 2 rings (SSSR count).